The monoisotopic (exact) mass is 320 g/mol. The molecule has 1 aliphatic heterocycles. The summed E-state index contributed by atoms with van der Waals surface area (Å²) in [5.74, 6) is 1.12. The molecule has 1 aromatic rings. The zero-order valence-electron chi connectivity index (χ0n) is 14.3. The lowest BCUT2D eigenvalue weighted by Crippen LogP contribution is -2.41. The largest absolute Gasteiger partial charge is 0.387 e. The Hall–Kier alpha value is -1.66. The molecule has 0 spiro atoms. The van der Waals surface area contributed by atoms with Crippen molar-refractivity contribution in [1.29, 1.82) is 0 Å². The van der Waals surface area contributed by atoms with Crippen molar-refractivity contribution in [2.75, 3.05) is 38.7 Å². The molecule has 1 aromatic heterocycles. The first-order valence-corrected chi connectivity index (χ1v) is 8.28. The molecule has 2 heterocycles. The molecule has 0 radical (unpaired) electrons. The van der Waals surface area contributed by atoms with Crippen LogP contribution in [0.2, 0.25) is 0 Å². The number of amides is 1. The highest BCUT2D eigenvalue weighted by Gasteiger charge is 2.32. The van der Waals surface area contributed by atoms with E-state index in [2.05, 4.69) is 28.2 Å². The van der Waals surface area contributed by atoms with Gasteiger partial charge in [0, 0.05) is 46.0 Å². The van der Waals surface area contributed by atoms with E-state index in [4.69, 9.17) is 5.11 Å². The van der Waals surface area contributed by atoms with Crippen molar-refractivity contribution in [2.45, 2.75) is 32.4 Å². The summed E-state index contributed by atoms with van der Waals surface area (Å²) < 4.78 is 0. The summed E-state index contributed by atoms with van der Waals surface area (Å²) in [6.07, 6.45) is 4.11. The Labute approximate surface area is 138 Å². The van der Waals surface area contributed by atoms with Crippen LogP contribution in [0.3, 0.4) is 0 Å². The molecule has 2 N–H and O–H groups in total. The summed E-state index contributed by atoms with van der Waals surface area (Å²) in [6, 6.07) is 4.26. The first-order chi connectivity index (χ1) is 11.0. The van der Waals surface area contributed by atoms with Gasteiger partial charge in [-0.3, -0.25) is 9.69 Å². The fourth-order valence-corrected chi connectivity index (χ4v) is 3.20. The number of carbonyl (C=O) groups excluding carboxylic acids is 1. The van der Waals surface area contributed by atoms with E-state index < -0.39 is 6.61 Å². The van der Waals surface area contributed by atoms with Gasteiger partial charge in [-0.1, -0.05) is 19.4 Å². The molecule has 1 fully saturated rings. The lowest BCUT2D eigenvalue weighted by atomic mass is 9.98. The van der Waals surface area contributed by atoms with E-state index in [9.17, 15) is 4.79 Å². The van der Waals surface area contributed by atoms with Gasteiger partial charge in [0.05, 0.1) is 0 Å². The molecular weight excluding hydrogens is 292 g/mol. The molecular formula is C17H28N4O2. The summed E-state index contributed by atoms with van der Waals surface area (Å²) >= 11 is 0. The second-order valence-corrected chi connectivity index (χ2v) is 6.49. The first kappa shape index (κ1) is 17.7. The number of carbonyl (C=O) groups is 1. The number of nitrogens with one attached hydrogen (secondary N) is 1. The highest BCUT2D eigenvalue weighted by Crippen LogP contribution is 2.23. The fraction of sp³-hybridized carbons (Fsp3) is 0.647. The Morgan fingerprint density at radius 3 is 2.78 bits per heavy atom. The van der Waals surface area contributed by atoms with Crippen LogP contribution in [0.4, 0.5) is 5.82 Å². The van der Waals surface area contributed by atoms with Gasteiger partial charge in [-0.15, -0.1) is 0 Å². The Morgan fingerprint density at radius 2 is 2.22 bits per heavy atom. The number of aliphatic hydroxyl groups is 1. The van der Waals surface area contributed by atoms with Gasteiger partial charge in [-0.05, 0) is 24.0 Å². The van der Waals surface area contributed by atoms with Gasteiger partial charge in [0.25, 0.3) is 0 Å². The molecule has 2 rings (SSSR count). The SMILES string of the molecule is CCC[C@H]1CN(Cc2ccc(N(C)C)nc2)C[C@@H]1NC(=O)CO. The van der Waals surface area contributed by atoms with E-state index in [-0.39, 0.29) is 11.9 Å². The molecule has 2 atom stereocenters. The van der Waals surface area contributed by atoms with Crippen molar-refractivity contribution in [3.8, 4) is 0 Å². The third kappa shape index (κ3) is 4.91. The van der Waals surface area contributed by atoms with Crippen LogP contribution < -0.4 is 10.2 Å². The van der Waals surface area contributed by atoms with Crippen LogP contribution in [-0.2, 0) is 11.3 Å². The zero-order valence-corrected chi connectivity index (χ0v) is 14.3. The Morgan fingerprint density at radius 1 is 1.43 bits per heavy atom. The molecule has 23 heavy (non-hydrogen) atoms. The Kier molecular flexibility index (Phi) is 6.36. The fourth-order valence-electron chi connectivity index (χ4n) is 3.20. The lowest BCUT2D eigenvalue weighted by Gasteiger charge is -2.18. The number of hydrogen-bond donors (Lipinski definition) is 2. The van der Waals surface area contributed by atoms with Gasteiger partial charge in [0.2, 0.25) is 5.91 Å². The highest BCUT2D eigenvalue weighted by molar-refractivity contribution is 5.77. The number of aromatic nitrogens is 1. The van der Waals surface area contributed by atoms with Gasteiger partial charge in [0.15, 0.2) is 0 Å². The van der Waals surface area contributed by atoms with Gasteiger partial charge in [0.1, 0.15) is 12.4 Å². The van der Waals surface area contributed by atoms with Crippen molar-refractivity contribution in [3.05, 3.63) is 23.9 Å². The topological polar surface area (TPSA) is 68.7 Å². The normalized spacial score (nSPS) is 21.4. The van der Waals surface area contributed by atoms with Gasteiger partial charge < -0.3 is 15.3 Å². The number of rotatable bonds is 7. The quantitative estimate of drug-likeness (QED) is 0.780. The number of likely N-dealkylation sites (tertiary alicyclic amines) is 1. The number of anilines is 1. The maximum atomic E-state index is 11.5. The smallest absolute Gasteiger partial charge is 0.245 e. The lowest BCUT2D eigenvalue weighted by molar-refractivity contribution is -0.124. The van der Waals surface area contributed by atoms with Crippen LogP contribution in [0, 0.1) is 5.92 Å². The predicted octanol–water partition coefficient (Wildman–Crippen LogP) is 0.857. The molecule has 6 heteroatoms. The van der Waals surface area contributed by atoms with E-state index in [0.29, 0.717) is 5.92 Å². The molecule has 1 amide bonds. The summed E-state index contributed by atoms with van der Waals surface area (Å²) in [5.41, 5.74) is 1.18. The molecule has 0 aliphatic carbocycles. The van der Waals surface area contributed by atoms with E-state index >= 15 is 0 Å². The third-order valence-corrected chi connectivity index (χ3v) is 4.34. The average molecular weight is 320 g/mol. The molecule has 6 nitrogen and oxygen atoms in total. The van der Waals surface area contributed by atoms with Gasteiger partial charge in [-0.25, -0.2) is 4.98 Å². The maximum Gasteiger partial charge on any atom is 0.245 e. The van der Waals surface area contributed by atoms with Crippen LogP contribution >= 0.6 is 0 Å². The zero-order chi connectivity index (χ0) is 16.8. The minimum absolute atomic E-state index is 0.128. The van der Waals surface area contributed by atoms with Gasteiger partial charge >= 0.3 is 0 Å². The van der Waals surface area contributed by atoms with Crippen LogP contribution in [-0.4, -0.2) is 60.7 Å². The van der Waals surface area contributed by atoms with Crippen molar-refractivity contribution in [2.24, 2.45) is 5.92 Å². The summed E-state index contributed by atoms with van der Waals surface area (Å²) in [6.45, 7) is 4.36. The van der Waals surface area contributed by atoms with Crippen LogP contribution in [0.25, 0.3) is 0 Å². The number of hydrogen-bond acceptors (Lipinski definition) is 5. The average Bonchev–Trinajstić information content (AvgIpc) is 2.89. The van der Waals surface area contributed by atoms with Crippen LogP contribution in [0.1, 0.15) is 25.3 Å². The molecule has 0 aromatic carbocycles. The Bertz CT molecular complexity index is 504. The standard InChI is InChI=1S/C17H28N4O2/c1-4-5-14-10-21(11-15(14)19-17(23)12-22)9-13-6-7-16(18-8-13)20(2)3/h6-8,14-15,22H,4-5,9-12H2,1-3H3,(H,19,23)/t14-,15-/m0/s1. The Balaban J connectivity index is 1.96. The molecule has 1 aliphatic rings. The number of nitrogens with zero attached hydrogens (tertiary/aromatic N) is 3. The van der Waals surface area contributed by atoms with Crippen LogP contribution in [0.15, 0.2) is 18.3 Å². The first-order valence-electron chi connectivity index (χ1n) is 8.28. The molecule has 1 saturated heterocycles. The highest BCUT2D eigenvalue weighted by atomic mass is 16.3. The molecule has 0 saturated carbocycles. The van der Waals surface area contributed by atoms with Crippen molar-refractivity contribution >= 4 is 11.7 Å². The van der Waals surface area contributed by atoms with E-state index in [1.54, 1.807) is 0 Å². The van der Waals surface area contributed by atoms with Crippen molar-refractivity contribution in [3.63, 3.8) is 0 Å². The minimum atomic E-state index is -0.439. The number of pyridine rings is 1. The summed E-state index contributed by atoms with van der Waals surface area (Å²) in [4.78, 5) is 20.3. The molecule has 128 valence electrons. The second kappa shape index (κ2) is 8.26. The van der Waals surface area contributed by atoms with E-state index in [1.807, 2.05) is 31.3 Å². The van der Waals surface area contributed by atoms with Crippen LogP contribution in [0.5, 0.6) is 0 Å². The van der Waals surface area contributed by atoms with E-state index in [0.717, 1.165) is 38.3 Å². The molecule has 0 unspecified atom stereocenters. The third-order valence-electron chi connectivity index (χ3n) is 4.34. The predicted molar refractivity (Wildman–Crippen MR) is 91.3 cm³/mol. The second-order valence-electron chi connectivity index (χ2n) is 6.49. The minimum Gasteiger partial charge on any atom is -0.387 e. The number of aliphatic hydroxyl groups excluding tert-OH is 1. The summed E-state index contributed by atoms with van der Waals surface area (Å²) in [5, 5.41) is 11.9. The van der Waals surface area contributed by atoms with Gasteiger partial charge in [-0.2, -0.15) is 0 Å². The van der Waals surface area contributed by atoms with Crippen molar-refractivity contribution < 1.29 is 9.90 Å². The summed E-state index contributed by atoms with van der Waals surface area (Å²) in [7, 11) is 3.96. The van der Waals surface area contributed by atoms with E-state index in [1.165, 1.54) is 5.56 Å². The van der Waals surface area contributed by atoms with Crippen molar-refractivity contribution in [1.82, 2.24) is 15.2 Å². The maximum absolute atomic E-state index is 11.5. The molecule has 0 bridgehead atoms.